The van der Waals surface area contributed by atoms with Gasteiger partial charge in [-0.25, -0.2) is 39.4 Å². The van der Waals surface area contributed by atoms with Crippen LogP contribution in [0.3, 0.4) is 0 Å². The fourth-order valence-corrected chi connectivity index (χ4v) is 27.3. The zero-order valence-electron chi connectivity index (χ0n) is 69.8. The normalized spacial score (nSPS) is 38.1. The summed E-state index contributed by atoms with van der Waals surface area (Å²) in [6.45, 7) is 32.8. The number of sulfonamides is 3. The van der Waals surface area contributed by atoms with E-state index >= 15 is 0 Å². The SMILES string of the molecule is C.C.C.C.CC1(C)CCC2=C1CC[C@H]([C@@]1(C)CC[C@H](O)C[C@@H]1CO)[C@H]2CN.CC1(C)CCC2=C1CC[C@H]([C@@]1(C)CC[C@H](O)C[C@@H]1CO)[C@H]2CNS(C)(=O)=O.CC1(C)CCC2=C1CC[C@H]([C@@]1(C)CC[C@H](O)C[C@@H]1COS(C)(=O)=O)[C@H]2CNS(C)(=O)=O.C[C@H]1CC[C@](C)([C@H]2CCC3=C(CCC3(C)C)[C@@H]2CNS(C)(=O)=O)[C@@H](CO)C1. The number of aliphatic hydroxyl groups is 6. The summed E-state index contributed by atoms with van der Waals surface area (Å²) in [5, 5.41) is 60.7. The summed E-state index contributed by atoms with van der Waals surface area (Å²) < 4.78 is 108. The van der Waals surface area contributed by atoms with E-state index in [1.54, 1.807) is 22.3 Å². The van der Waals surface area contributed by atoms with Gasteiger partial charge in [0.05, 0.1) is 49.9 Å². The van der Waals surface area contributed by atoms with E-state index in [2.05, 4.69) is 104 Å². The number of hydrogen-bond donors (Lipinski definition) is 10. The quantitative estimate of drug-likeness (QED) is 0.0400. The first-order valence-corrected chi connectivity index (χ1v) is 49.5. The van der Waals surface area contributed by atoms with Crippen LogP contribution in [0.25, 0.3) is 0 Å². The van der Waals surface area contributed by atoms with E-state index in [1.807, 2.05) is 0 Å². The van der Waals surface area contributed by atoms with E-state index in [4.69, 9.17) is 9.92 Å². The fraction of sp³-hybridized carbons (Fsp3) is 0.910. The van der Waals surface area contributed by atoms with Gasteiger partial charge in [0, 0.05) is 39.5 Å². The van der Waals surface area contributed by atoms with Crippen molar-refractivity contribution < 1.29 is 68.5 Å². The highest BCUT2D eigenvalue weighted by molar-refractivity contribution is 7.89. The fourth-order valence-electron chi connectivity index (χ4n) is 25.4. The highest BCUT2D eigenvalue weighted by Gasteiger charge is 2.57. The minimum Gasteiger partial charge on any atom is -0.396 e. The van der Waals surface area contributed by atoms with Crippen molar-refractivity contribution in [3.05, 3.63) is 44.6 Å². The van der Waals surface area contributed by atoms with Crippen molar-refractivity contribution in [2.24, 2.45) is 126 Å². The number of nitrogens with one attached hydrogen (secondary N) is 3. The lowest BCUT2D eigenvalue weighted by atomic mass is 9.53. The van der Waals surface area contributed by atoms with Gasteiger partial charge in [0.25, 0.3) is 10.1 Å². The number of nitrogens with two attached hydrogens (primary N) is 1. The Morgan fingerprint density at radius 3 is 0.884 bits per heavy atom. The molecular formula is C89H166N4O15S4. The molecule has 0 saturated heterocycles. The van der Waals surface area contributed by atoms with Crippen molar-refractivity contribution in [2.75, 3.05) is 77.6 Å². The maximum atomic E-state index is 11.9. The lowest BCUT2D eigenvalue weighted by Gasteiger charge is -2.53. The highest BCUT2D eigenvalue weighted by atomic mass is 32.2. The molecule has 4 saturated carbocycles. The molecule has 656 valence electrons. The number of hydrogen-bond acceptors (Lipinski definition) is 16. The summed E-state index contributed by atoms with van der Waals surface area (Å²) in [5.41, 5.74) is 19.5. The van der Waals surface area contributed by atoms with Crippen LogP contribution < -0.4 is 19.9 Å². The third kappa shape index (κ3) is 22.7. The van der Waals surface area contributed by atoms with Gasteiger partial charge in [-0.1, -0.05) is 171 Å². The average Bonchev–Trinajstić information content (AvgIpc) is 1.56. The molecule has 0 spiro atoms. The molecule has 12 aliphatic carbocycles. The van der Waals surface area contributed by atoms with Crippen LogP contribution in [0.5, 0.6) is 0 Å². The summed E-state index contributed by atoms with van der Waals surface area (Å²) in [6, 6.07) is 0. The molecule has 112 heavy (non-hydrogen) atoms. The molecule has 12 rings (SSSR count). The molecule has 0 radical (unpaired) electrons. The molecule has 0 unspecified atom stereocenters. The van der Waals surface area contributed by atoms with E-state index in [9.17, 15) is 64.3 Å². The summed E-state index contributed by atoms with van der Waals surface area (Å²) >= 11 is 0. The van der Waals surface area contributed by atoms with Gasteiger partial charge < -0.3 is 36.4 Å². The van der Waals surface area contributed by atoms with E-state index in [1.165, 1.54) is 79.6 Å². The van der Waals surface area contributed by atoms with Crippen LogP contribution in [0, 0.1) is 120 Å². The molecule has 23 heteroatoms. The van der Waals surface area contributed by atoms with Crippen LogP contribution in [-0.4, -0.2) is 160 Å². The Morgan fingerprint density at radius 1 is 0.366 bits per heavy atom. The molecule has 4 fully saturated rings. The molecule has 12 aliphatic rings. The summed E-state index contributed by atoms with van der Waals surface area (Å²) in [4.78, 5) is 0. The van der Waals surface area contributed by atoms with Crippen LogP contribution in [0.2, 0.25) is 0 Å². The molecule has 0 aromatic rings. The molecule has 20 atom stereocenters. The molecule has 0 aromatic heterocycles. The van der Waals surface area contributed by atoms with E-state index in [-0.39, 0.29) is 148 Å². The second-order valence-electron chi connectivity index (χ2n) is 40.7. The molecule has 0 aliphatic heterocycles. The van der Waals surface area contributed by atoms with Gasteiger partial charge in [-0.05, 0) is 300 Å². The van der Waals surface area contributed by atoms with Gasteiger partial charge in [-0.2, -0.15) is 8.42 Å². The Kier molecular flexibility index (Phi) is 34.8. The van der Waals surface area contributed by atoms with E-state index < -0.39 is 46.3 Å². The van der Waals surface area contributed by atoms with Crippen LogP contribution in [0.4, 0.5) is 0 Å². The molecule has 0 amide bonds. The minimum absolute atomic E-state index is 0. The Bertz CT molecular complexity index is 3630. The van der Waals surface area contributed by atoms with Crippen molar-refractivity contribution in [3.8, 4) is 0 Å². The number of allylic oxidation sites excluding steroid dienone is 4. The molecule has 11 N–H and O–H groups in total. The average molecular weight is 1660 g/mol. The Balaban J connectivity index is 0.000000265. The first-order chi connectivity index (χ1) is 49.9. The highest BCUT2D eigenvalue weighted by Crippen LogP contribution is 2.65. The lowest BCUT2D eigenvalue weighted by Crippen LogP contribution is -2.49. The third-order valence-corrected chi connectivity index (χ3v) is 34.9. The van der Waals surface area contributed by atoms with Crippen LogP contribution in [0.15, 0.2) is 44.6 Å². The van der Waals surface area contributed by atoms with Crippen molar-refractivity contribution in [1.29, 1.82) is 0 Å². The van der Waals surface area contributed by atoms with Gasteiger partial charge in [-0.3, -0.25) is 4.18 Å². The molecule has 0 heterocycles. The topological polar surface area (TPSA) is 329 Å². The van der Waals surface area contributed by atoms with Crippen LogP contribution in [0.1, 0.15) is 299 Å². The van der Waals surface area contributed by atoms with Crippen LogP contribution in [-0.2, 0) is 44.4 Å². The zero-order valence-corrected chi connectivity index (χ0v) is 73.0. The maximum absolute atomic E-state index is 11.9. The van der Waals surface area contributed by atoms with E-state index in [0.717, 1.165) is 135 Å². The monoisotopic (exact) mass is 1660 g/mol. The number of rotatable bonds is 20. The second-order valence-corrected chi connectivity index (χ2v) is 47.8. The summed E-state index contributed by atoms with van der Waals surface area (Å²) in [5.74, 6) is 3.76. The van der Waals surface area contributed by atoms with E-state index in [0.29, 0.717) is 79.8 Å². The van der Waals surface area contributed by atoms with Crippen molar-refractivity contribution >= 4 is 40.2 Å². The minimum atomic E-state index is -3.58. The predicted octanol–water partition coefficient (Wildman–Crippen LogP) is 15.6. The standard InChI is InChI=1S/C22H39NO6S2.C22H39NO3S.C21H37NO4S.C20H35NO2.4CH4/c1-21(2)10-9-17-18(13-23-30(4,25)26)20(7-6-19(17)21)22(3)11-8-16(24)12-15(22)14-29-31(5,27)28;1-15-8-11-22(4,16(12-15)14-24)20-7-6-19-17(9-10-21(19,2)3)18(20)13-23-27(5,25)26;1-20(2)9-8-16-17(12-22-27(4,25)26)19(6-5-18(16)20)21(3)10-7-15(24)11-14(21)13-23;1-19(2)8-7-15-16(11-21)18(5-4-17(15)19)20(3)9-6-14(23)10-13(20)12-22;;;;/h15-16,18,20,23-24H,6-14H2,1-5H3;15-16,18,20,23-24H,6-14H2,1-5H3;14-15,17,19,22-24H,5-13H2,1-4H3;13-14,16,18,22-23H,4-12,21H2,1-3H3;4*1H4/t15-,16+,18+,20+,22+;15-,16+,18-,20-,22-;14-,15+,17+,19+,21+;13-,14+,16+,18+,20+;;;;/m1011..../s1. The largest absolute Gasteiger partial charge is 0.396 e. The molecule has 19 nitrogen and oxygen atoms in total. The Hall–Kier alpha value is -1.68. The van der Waals surface area contributed by atoms with Crippen molar-refractivity contribution in [3.63, 3.8) is 0 Å². The summed E-state index contributed by atoms with van der Waals surface area (Å²) in [7, 11) is -13.4. The number of aliphatic hydroxyl groups excluding tert-OH is 6. The Morgan fingerprint density at radius 2 is 0.616 bits per heavy atom. The smallest absolute Gasteiger partial charge is 0.264 e. The zero-order chi connectivity index (χ0) is 80.1. The van der Waals surface area contributed by atoms with Gasteiger partial charge in [0.2, 0.25) is 30.1 Å². The molecule has 0 bridgehead atoms. The van der Waals surface area contributed by atoms with Gasteiger partial charge >= 0.3 is 0 Å². The molecule has 0 aromatic carbocycles. The van der Waals surface area contributed by atoms with Gasteiger partial charge in [0.1, 0.15) is 0 Å². The Labute approximate surface area is 684 Å². The molecular weight excluding hydrogens is 1490 g/mol. The lowest BCUT2D eigenvalue weighted by molar-refractivity contribution is -0.0578. The second kappa shape index (κ2) is 38.6. The van der Waals surface area contributed by atoms with Crippen molar-refractivity contribution in [1.82, 2.24) is 14.2 Å². The maximum Gasteiger partial charge on any atom is 0.264 e. The van der Waals surface area contributed by atoms with Crippen molar-refractivity contribution in [2.45, 2.75) is 318 Å². The third-order valence-electron chi connectivity index (χ3n) is 32.2. The van der Waals surface area contributed by atoms with Gasteiger partial charge in [0.15, 0.2) is 0 Å². The van der Waals surface area contributed by atoms with Gasteiger partial charge in [-0.15, -0.1) is 0 Å². The first kappa shape index (κ1) is 101. The summed E-state index contributed by atoms with van der Waals surface area (Å²) in [6.07, 6.45) is 31.8. The first-order valence-electron chi connectivity index (χ1n) is 42.1. The predicted molar refractivity (Wildman–Crippen MR) is 461 cm³/mol. The van der Waals surface area contributed by atoms with Crippen LogP contribution >= 0.6 is 0 Å².